The van der Waals surface area contributed by atoms with Crippen molar-refractivity contribution in [1.29, 1.82) is 0 Å². The van der Waals surface area contributed by atoms with Gasteiger partial charge in [0.1, 0.15) is 5.75 Å². The second-order valence-corrected chi connectivity index (χ2v) is 4.42. The van der Waals surface area contributed by atoms with Crippen LogP contribution in [-0.2, 0) is 0 Å². The number of ether oxygens (including phenoxy) is 1. The summed E-state index contributed by atoms with van der Waals surface area (Å²) in [6.07, 6.45) is -3.54. The van der Waals surface area contributed by atoms with Crippen LogP contribution in [-0.4, -0.2) is 18.3 Å². The fourth-order valence-electron chi connectivity index (χ4n) is 2.03. The molecule has 0 aliphatic heterocycles. The van der Waals surface area contributed by atoms with Gasteiger partial charge in [0, 0.05) is 29.6 Å². The third kappa shape index (κ3) is 3.20. The van der Waals surface area contributed by atoms with E-state index in [1.807, 2.05) is 6.07 Å². The van der Waals surface area contributed by atoms with Crippen LogP contribution < -0.4 is 10.5 Å². The Morgan fingerprint density at radius 3 is 2.74 bits per heavy atom. The van der Waals surface area contributed by atoms with Gasteiger partial charge in [-0.25, -0.2) is 0 Å². The summed E-state index contributed by atoms with van der Waals surface area (Å²) in [5, 5.41) is 0.800. The molecule has 104 valence electrons. The maximum Gasteiger partial charge on any atom is 0.389 e. The Hall–Kier alpha value is -1.69. The molecule has 0 amide bonds. The molecule has 0 aliphatic rings. The van der Waals surface area contributed by atoms with Crippen LogP contribution in [0.15, 0.2) is 24.4 Å². The van der Waals surface area contributed by atoms with Crippen molar-refractivity contribution in [3.8, 4) is 5.75 Å². The van der Waals surface area contributed by atoms with Gasteiger partial charge in [-0.2, -0.15) is 13.2 Å². The van der Waals surface area contributed by atoms with Gasteiger partial charge < -0.3 is 15.5 Å². The van der Waals surface area contributed by atoms with Crippen molar-refractivity contribution < 1.29 is 17.9 Å². The smallest absolute Gasteiger partial charge is 0.389 e. The van der Waals surface area contributed by atoms with E-state index in [9.17, 15) is 13.2 Å². The molecular formula is C13H15F3N2O. The predicted molar refractivity (Wildman–Crippen MR) is 67.1 cm³/mol. The number of nitrogens with one attached hydrogen (secondary N) is 1. The maximum atomic E-state index is 12.2. The van der Waals surface area contributed by atoms with Crippen LogP contribution in [0, 0.1) is 0 Å². The van der Waals surface area contributed by atoms with Gasteiger partial charge in [-0.05, 0) is 30.2 Å². The van der Waals surface area contributed by atoms with Crippen molar-refractivity contribution in [3.63, 3.8) is 0 Å². The van der Waals surface area contributed by atoms with Crippen LogP contribution >= 0.6 is 0 Å². The number of benzene rings is 1. The van der Waals surface area contributed by atoms with E-state index in [-0.39, 0.29) is 6.42 Å². The van der Waals surface area contributed by atoms with Gasteiger partial charge in [-0.15, -0.1) is 0 Å². The number of methoxy groups -OCH3 is 1. The van der Waals surface area contributed by atoms with Crippen LogP contribution in [0.3, 0.4) is 0 Å². The first-order valence-electron chi connectivity index (χ1n) is 5.88. The number of aromatic nitrogens is 1. The second-order valence-electron chi connectivity index (χ2n) is 4.42. The highest BCUT2D eigenvalue weighted by molar-refractivity contribution is 5.85. The van der Waals surface area contributed by atoms with E-state index in [1.54, 1.807) is 18.3 Å². The van der Waals surface area contributed by atoms with E-state index in [1.165, 1.54) is 7.11 Å². The molecule has 0 aliphatic carbocycles. The number of hydrogen-bond acceptors (Lipinski definition) is 2. The normalized spacial score (nSPS) is 13.7. The minimum absolute atomic E-state index is 0.131. The molecule has 0 radical (unpaired) electrons. The molecule has 2 aromatic rings. The standard InChI is InChI=1S/C13H15F3N2O/c1-19-8-2-3-12-9(6-8)10(7-18-12)11(17)4-5-13(14,15)16/h2-3,6-7,11,18H,4-5,17H2,1H3/t11-/m1/s1. The van der Waals surface area contributed by atoms with Crippen LogP contribution in [0.5, 0.6) is 5.75 Å². The molecule has 6 heteroatoms. The molecule has 2 rings (SSSR count). The van der Waals surface area contributed by atoms with Gasteiger partial charge in [-0.1, -0.05) is 0 Å². The molecule has 0 unspecified atom stereocenters. The molecule has 1 atom stereocenters. The summed E-state index contributed by atoms with van der Waals surface area (Å²) >= 11 is 0. The van der Waals surface area contributed by atoms with Gasteiger partial charge in [0.15, 0.2) is 0 Å². The van der Waals surface area contributed by atoms with Crippen LogP contribution in [0.4, 0.5) is 13.2 Å². The Kier molecular flexibility index (Phi) is 3.71. The number of fused-ring (bicyclic) bond motifs is 1. The number of nitrogens with two attached hydrogens (primary N) is 1. The van der Waals surface area contributed by atoms with Crippen LogP contribution in [0.25, 0.3) is 10.9 Å². The predicted octanol–water partition coefficient (Wildman–Crippen LogP) is 3.52. The Morgan fingerprint density at radius 1 is 1.37 bits per heavy atom. The highest BCUT2D eigenvalue weighted by atomic mass is 19.4. The summed E-state index contributed by atoms with van der Waals surface area (Å²) in [5.74, 6) is 0.649. The molecular weight excluding hydrogens is 257 g/mol. The average Bonchev–Trinajstić information content (AvgIpc) is 2.77. The van der Waals surface area contributed by atoms with E-state index in [0.717, 1.165) is 10.9 Å². The molecule has 0 saturated carbocycles. The number of H-pyrrole nitrogens is 1. The van der Waals surface area contributed by atoms with Crippen molar-refractivity contribution in [1.82, 2.24) is 4.98 Å². The lowest BCUT2D eigenvalue weighted by Gasteiger charge is -2.12. The quantitative estimate of drug-likeness (QED) is 0.894. The molecule has 19 heavy (non-hydrogen) atoms. The number of alkyl halides is 3. The Labute approximate surface area is 108 Å². The van der Waals surface area contributed by atoms with E-state index in [4.69, 9.17) is 10.5 Å². The topological polar surface area (TPSA) is 51.0 Å². The van der Waals surface area contributed by atoms with Crippen molar-refractivity contribution in [2.45, 2.75) is 25.1 Å². The van der Waals surface area contributed by atoms with Gasteiger partial charge in [0.2, 0.25) is 0 Å². The third-order valence-corrected chi connectivity index (χ3v) is 3.06. The van der Waals surface area contributed by atoms with Crippen molar-refractivity contribution in [2.24, 2.45) is 5.73 Å². The first kappa shape index (κ1) is 13.7. The molecule has 1 aromatic carbocycles. The summed E-state index contributed by atoms with van der Waals surface area (Å²) in [6, 6.07) is 4.72. The number of hydrogen-bond donors (Lipinski definition) is 2. The monoisotopic (exact) mass is 272 g/mol. The first-order valence-corrected chi connectivity index (χ1v) is 5.88. The molecule has 0 saturated heterocycles. The molecule has 3 nitrogen and oxygen atoms in total. The van der Waals surface area contributed by atoms with Gasteiger partial charge in [-0.3, -0.25) is 0 Å². The van der Waals surface area contributed by atoms with Gasteiger partial charge in [0.05, 0.1) is 7.11 Å². The summed E-state index contributed by atoms with van der Waals surface area (Å²) in [5.41, 5.74) is 7.35. The zero-order valence-electron chi connectivity index (χ0n) is 10.4. The van der Waals surface area contributed by atoms with E-state index in [2.05, 4.69) is 4.98 Å². The SMILES string of the molecule is COc1ccc2[nH]cc([C@H](N)CCC(F)(F)F)c2c1. The summed E-state index contributed by atoms with van der Waals surface area (Å²) in [6.45, 7) is 0. The zero-order chi connectivity index (χ0) is 14.0. The summed E-state index contributed by atoms with van der Waals surface area (Å²) in [7, 11) is 1.54. The number of aromatic amines is 1. The minimum atomic E-state index is -4.18. The van der Waals surface area contributed by atoms with E-state index < -0.39 is 18.6 Å². The molecule has 1 aromatic heterocycles. The fourth-order valence-corrected chi connectivity index (χ4v) is 2.03. The zero-order valence-corrected chi connectivity index (χ0v) is 10.4. The lowest BCUT2D eigenvalue weighted by atomic mass is 10.0. The molecule has 0 spiro atoms. The summed E-state index contributed by atoms with van der Waals surface area (Å²) < 4.78 is 41.7. The highest BCUT2D eigenvalue weighted by Gasteiger charge is 2.28. The average molecular weight is 272 g/mol. The molecule has 1 heterocycles. The van der Waals surface area contributed by atoms with Gasteiger partial charge in [0.25, 0.3) is 0 Å². The molecule has 0 fully saturated rings. The van der Waals surface area contributed by atoms with Crippen molar-refractivity contribution in [3.05, 3.63) is 30.0 Å². The van der Waals surface area contributed by atoms with Crippen LogP contribution in [0.2, 0.25) is 0 Å². The molecule has 0 bridgehead atoms. The summed E-state index contributed by atoms with van der Waals surface area (Å²) in [4.78, 5) is 3.00. The number of halogens is 3. The first-order chi connectivity index (χ1) is 8.90. The van der Waals surface area contributed by atoms with Gasteiger partial charge >= 0.3 is 6.18 Å². The second kappa shape index (κ2) is 5.13. The van der Waals surface area contributed by atoms with Crippen molar-refractivity contribution in [2.75, 3.05) is 7.11 Å². The third-order valence-electron chi connectivity index (χ3n) is 3.06. The number of rotatable bonds is 4. The maximum absolute atomic E-state index is 12.2. The Morgan fingerprint density at radius 2 is 2.11 bits per heavy atom. The largest absolute Gasteiger partial charge is 0.497 e. The highest BCUT2D eigenvalue weighted by Crippen LogP contribution is 2.31. The lowest BCUT2D eigenvalue weighted by Crippen LogP contribution is -2.15. The minimum Gasteiger partial charge on any atom is -0.497 e. The Bertz CT molecular complexity index is 563. The molecule has 3 N–H and O–H groups in total. The Balaban J connectivity index is 2.24. The van der Waals surface area contributed by atoms with E-state index >= 15 is 0 Å². The van der Waals surface area contributed by atoms with E-state index in [0.29, 0.717) is 11.3 Å². The lowest BCUT2D eigenvalue weighted by molar-refractivity contribution is -0.136. The fraction of sp³-hybridized carbons (Fsp3) is 0.385. The van der Waals surface area contributed by atoms with Crippen LogP contribution in [0.1, 0.15) is 24.4 Å². The van der Waals surface area contributed by atoms with Crippen molar-refractivity contribution >= 4 is 10.9 Å².